The summed E-state index contributed by atoms with van der Waals surface area (Å²) in [5.74, 6) is 0. The molecule has 0 unspecified atom stereocenters. The van der Waals surface area contributed by atoms with Gasteiger partial charge in [-0.05, 0) is 31.0 Å². The lowest BCUT2D eigenvalue weighted by molar-refractivity contribution is -0.133. The van der Waals surface area contributed by atoms with Crippen molar-refractivity contribution >= 4 is 11.7 Å². The summed E-state index contributed by atoms with van der Waals surface area (Å²) in [4.78, 5) is 11.5. The number of urea groups is 1. The first-order valence-corrected chi connectivity index (χ1v) is 6.14. The number of aliphatic hydroxyl groups is 1. The molecule has 20 heavy (non-hydrogen) atoms. The number of carbonyl (C=O) groups is 1. The van der Waals surface area contributed by atoms with Crippen LogP contribution in [0, 0.1) is 0 Å². The Bertz CT molecular complexity index is 449. The molecular formula is C13H17F3N2O2. The zero-order valence-electron chi connectivity index (χ0n) is 11.0. The number of hydrogen-bond donors (Lipinski definition) is 3. The summed E-state index contributed by atoms with van der Waals surface area (Å²) in [6.45, 7) is 1.43. The average molecular weight is 290 g/mol. The van der Waals surface area contributed by atoms with Crippen molar-refractivity contribution in [1.82, 2.24) is 5.32 Å². The van der Waals surface area contributed by atoms with E-state index in [2.05, 4.69) is 10.6 Å². The molecule has 0 saturated heterocycles. The lowest BCUT2D eigenvalue weighted by Crippen LogP contribution is -2.38. The van der Waals surface area contributed by atoms with Crippen molar-refractivity contribution in [2.24, 2.45) is 0 Å². The Kier molecular flexibility index (Phi) is 5.82. The first-order valence-electron chi connectivity index (χ1n) is 6.14. The standard InChI is InChI=1S/C13H17F3N2O2/c1-9(8-19)17-12(20)18-11-4-2-3-10(7-11)5-6-13(14,15)16/h2-4,7,9,19H,5-6,8H2,1H3,(H2,17,18,20)/t9-/m0/s1. The molecule has 0 aliphatic heterocycles. The quantitative estimate of drug-likeness (QED) is 0.780. The smallest absolute Gasteiger partial charge is 0.389 e. The fourth-order valence-electron chi connectivity index (χ4n) is 1.53. The average Bonchev–Trinajstić information content (AvgIpc) is 2.35. The van der Waals surface area contributed by atoms with E-state index in [1.807, 2.05) is 0 Å². The normalized spacial score (nSPS) is 12.8. The Hall–Kier alpha value is -1.76. The van der Waals surface area contributed by atoms with Crippen LogP contribution in [0.15, 0.2) is 24.3 Å². The Balaban J connectivity index is 2.57. The SMILES string of the molecule is C[C@@H](CO)NC(=O)Nc1cccc(CCC(F)(F)F)c1. The maximum absolute atomic E-state index is 12.1. The van der Waals surface area contributed by atoms with Crippen LogP contribution in [0.1, 0.15) is 18.9 Å². The van der Waals surface area contributed by atoms with Gasteiger partial charge in [-0.1, -0.05) is 12.1 Å². The second kappa shape index (κ2) is 7.14. The number of aliphatic hydroxyl groups excluding tert-OH is 1. The van der Waals surface area contributed by atoms with E-state index in [1.54, 1.807) is 25.1 Å². The predicted molar refractivity (Wildman–Crippen MR) is 69.5 cm³/mol. The van der Waals surface area contributed by atoms with Crippen LogP contribution in [0.25, 0.3) is 0 Å². The third-order valence-corrected chi connectivity index (χ3v) is 2.53. The van der Waals surface area contributed by atoms with Crippen molar-refractivity contribution in [3.8, 4) is 0 Å². The minimum Gasteiger partial charge on any atom is -0.394 e. The lowest BCUT2D eigenvalue weighted by atomic mass is 10.1. The molecule has 1 rings (SSSR count). The summed E-state index contributed by atoms with van der Waals surface area (Å²) in [6, 6.07) is 5.32. The van der Waals surface area contributed by atoms with Crippen LogP contribution in [-0.4, -0.2) is 30.0 Å². The molecule has 0 aromatic heterocycles. The van der Waals surface area contributed by atoms with E-state index in [9.17, 15) is 18.0 Å². The van der Waals surface area contributed by atoms with Gasteiger partial charge in [0.15, 0.2) is 0 Å². The number of anilines is 1. The van der Waals surface area contributed by atoms with Crippen LogP contribution in [-0.2, 0) is 6.42 Å². The van der Waals surface area contributed by atoms with Crippen LogP contribution in [0.5, 0.6) is 0 Å². The molecule has 1 aromatic carbocycles. The van der Waals surface area contributed by atoms with E-state index in [1.165, 1.54) is 6.07 Å². The highest BCUT2D eigenvalue weighted by atomic mass is 19.4. The molecule has 0 bridgehead atoms. The number of hydrogen-bond acceptors (Lipinski definition) is 2. The molecule has 0 saturated carbocycles. The Morgan fingerprint density at radius 2 is 2.10 bits per heavy atom. The number of alkyl halides is 3. The van der Waals surface area contributed by atoms with Crippen LogP contribution in [0.3, 0.4) is 0 Å². The van der Waals surface area contributed by atoms with E-state index in [4.69, 9.17) is 5.11 Å². The zero-order valence-corrected chi connectivity index (χ0v) is 11.0. The minimum absolute atomic E-state index is 0.131. The molecule has 0 spiro atoms. The summed E-state index contributed by atoms with van der Waals surface area (Å²) in [5.41, 5.74) is 0.905. The van der Waals surface area contributed by atoms with Crippen molar-refractivity contribution < 1.29 is 23.1 Å². The summed E-state index contributed by atoms with van der Waals surface area (Å²) >= 11 is 0. The highest BCUT2D eigenvalue weighted by Crippen LogP contribution is 2.23. The Labute approximate surface area is 115 Å². The fourth-order valence-corrected chi connectivity index (χ4v) is 1.53. The van der Waals surface area contributed by atoms with Crippen LogP contribution in [0.2, 0.25) is 0 Å². The molecule has 7 heteroatoms. The number of halogens is 3. The molecule has 1 atom stereocenters. The number of nitrogens with one attached hydrogen (secondary N) is 2. The largest absolute Gasteiger partial charge is 0.394 e. The van der Waals surface area contributed by atoms with Crippen molar-refractivity contribution in [1.29, 1.82) is 0 Å². The van der Waals surface area contributed by atoms with Crippen LogP contribution in [0.4, 0.5) is 23.7 Å². The maximum Gasteiger partial charge on any atom is 0.389 e. The van der Waals surface area contributed by atoms with Gasteiger partial charge >= 0.3 is 12.2 Å². The van der Waals surface area contributed by atoms with Gasteiger partial charge < -0.3 is 15.7 Å². The molecule has 0 heterocycles. The van der Waals surface area contributed by atoms with E-state index in [-0.39, 0.29) is 13.0 Å². The summed E-state index contributed by atoms with van der Waals surface area (Å²) in [5, 5.41) is 13.8. The van der Waals surface area contributed by atoms with Gasteiger partial charge in [0.1, 0.15) is 0 Å². The van der Waals surface area contributed by atoms with Gasteiger partial charge in [0.2, 0.25) is 0 Å². The van der Waals surface area contributed by atoms with Crippen LogP contribution < -0.4 is 10.6 Å². The number of aryl methyl sites for hydroxylation is 1. The topological polar surface area (TPSA) is 61.4 Å². The molecule has 3 N–H and O–H groups in total. The lowest BCUT2D eigenvalue weighted by Gasteiger charge is -2.13. The van der Waals surface area contributed by atoms with E-state index >= 15 is 0 Å². The summed E-state index contributed by atoms with van der Waals surface area (Å²) in [6.07, 6.45) is -5.23. The highest BCUT2D eigenvalue weighted by molar-refractivity contribution is 5.89. The number of benzene rings is 1. The zero-order chi connectivity index (χ0) is 15.2. The molecule has 4 nitrogen and oxygen atoms in total. The first kappa shape index (κ1) is 16.3. The number of rotatable bonds is 5. The summed E-state index contributed by atoms with van der Waals surface area (Å²) in [7, 11) is 0. The number of amides is 2. The van der Waals surface area contributed by atoms with Crippen LogP contribution >= 0.6 is 0 Å². The van der Waals surface area contributed by atoms with Crippen molar-refractivity contribution in [2.45, 2.75) is 32.0 Å². The number of carbonyl (C=O) groups excluding carboxylic acids is 1. The predicted octanol–water partition coefficient (Wildman–Crippen LogP) is 2.68. The molecule has 112 valence electrons. The molecular weight excluding hydrogens is 273 g/mol. The molecule has 1 aromatic rings. The Morgan fingerprint density at radius 1 is 1.40 bits per heavy atom. The van der Waals surface area contributed by atoms with E-state index in [0.717, 1.165) is 0 Å². The van der Waals surface area contributed by atoms with E-state index < -0.39 is 24.7 Å². The van der Waals surface area contributed by atoms with Crippen molar-refractivity contribution in [2.75, 3.05) is 11.9 Å². The maximum atomic E-state index is 12.1. The first-order chi connectivity index (χ1) is 9.30. The third-order valence-electron chi connectivity index (χ3n) is 2.53. The van der Waals surface area contributed by atoms with Gasteiger partial charge in [0.25, 0.3) is 0 Å². The highest BCUT2D eigenvalue weighted by Gasteiger charge is 2.26. The van der Waals surface area contributed by atoms with Gasteiger partial charge in [0.05, 0.1) is 12.6 Å². The van der Waals surface area contributed by atoms with Gasteiger partial charge in [-0.3, -0.25) is 0 Å². The van der Waals surface area contributed by atoms with Crippen molar-refractivity contribution in [3.05, 3.63) is 29.8 Å². The van der Waals surface area contributed by atoms with Gasteiger partial charge in [-0.2, -0.15) is 13.2 Å². The second-order valence-corrected chi connectivity index (χ2v) is 4.50. The summed E-state index contributed by atoms with van der Waals surface area (Å²) < 4.78 is 36.4. The molecule has 0 fully saturated rings. The Morgan fingerprint density at radius 3 is 2.70 bits per heavy atom. The van der Waals surface area contributed by atoms with Gasteiger partial charge in [-0.15, -0.1) is 0 Å². The molecule has 0 radical (unpaired) electrons. The third kappa shape index (κ3) is 6.42. The monoisotopic (exact) mass is 290 g/mol. The molecule has 2 amide bonds. The van der Waals surface area contributed by atoms with Gasteiger partial charge in [0, 0.05) is 12.1 Å². The molecule has 0 aliphatic carbocycles. The minimum atomic E-state index is -4.20. The second-order valence-electron chi connectivity index (χ2n) is 4.50. The van der Waals surface area contributed by atoms with Crippen molar-refractivity contribution in [3.63, 3.8) is 0 Å². The van der Waals surface area contributed by atoms with Gasteiger partial charge in [-0.25, -0.2) is 4.79 Å². The molecule has 0 aliphatic rings. The fraction of sp³-hybridized carbons (Fsp3) is 0.462. The van der Waals surface area contributed by atoms with E-state index in [0.29, 0.717) is 11.3 Å².